The molecule has 4 saturated carbocycles. The predicted molar refractivity (Wildman–Crippen MR) is 320 cm³/mol. The van der Waals surface area contributed by atoms with E-state index in [1.165, 1.54) is 19.9 Å². The fourth-order valence-corrected chi connectivity index (χ4v) is 18.4. The Morgan fingerprint density at radius 3 is 1.66 bits per heavy atom. The van der Waals surface area contributed by atoms with E-state index in [2.05, 4.69) is 40.7 Å². The number of allylic oxidation sites excluding steroid dienone is 3. The zero-order valence-electron chi connectivity index (χ0n) is 55.2. The highest BCUT2D eigenvalue weighted by molar-refractivity contribution is 5.87. The maximum atomic E-state index is 13.3. The molecule has 0 bridgehead atoms. The van der Waals surface area contributed by atoms with Gasteiger partial charge in [0.25, 0.3) is 0 Å². The molecule has 0 radical (unpaired) electrons. The minimum absolute atomic E-state index is 0.0299. The number of carbonyl (C=O) groups is 1. The van der Waals surface area contributed by atoms with Gasteiger partial charge >= 0.3 is 5.97 Å². The molecule has 29 heteroatoms. The summed E-state index contributed by atoms with van der Waals surface area (Å²) in [7, 11) is 0. The molecule has 9 fully saturated rings. The van der Waals surface area contributed by atoms with E-state index in [4.69, 9.17) is 52.1 Å². The van der Waals surface area contributed by atoms with Gasteiger partial charge in [0.05, 0.1) is 57.5 Å². The Hall–Kier alpha value is -2.13. The number of hydrogen-bond donors (Lipinski definition) is 17. The van der Waals surface area contributed by atoms with Crippen molar-refractivity contribution in [3.8, 4) is 0 Å². The summed E-state index contributed by atoms with van der Waals surface area (Å²) >= 11 is 0. The lowest BCUT2D eigenvalue weighted by molar-refractivity contribution is -0.374. The second-order valence-corrected chi connectivity index (χ2v) is 30.7. The molecular weight excluding hydrogens is 1240 g/mol. The summed E-state index contributed by atoms with van der Waals surface area (Å²) in [5, 5.41) is 187. The Morgan fingerprint density at radius 1 is 0.543 bits per heavy atom. The minimum atomic E-state index is -1.92. The van der Waals surface area contributed by atoms with Gasteiger partial charge in [-0.15, -0.1) is 0 Å². The van der Waals surface area contributed by atoms with Gasteiger partial charge in [0.1, 0.15) is 110 Å². The number of rotatable bonds is 17. The van der Waals surface area contributed by atoms with Crippen molar-refractivity contribution in [2.75, 3.05) is 33.0 Å². The van der Waals surface area contributed by atoms with Gasteiger partial charge in [-0.2, -0.15) is 0 Å². The van der Waals surface area contributed by atoms with Crippen LogP contribution in [0.1, 0.15) is 121 Å². The zero-order chi connectivity index (χ0) is 69.0. The summed E-state index contributed by atoms with van der Waals surface area (Å²) in [6.45, 7) is 16.7. The molecule has 0 aromatic carbocycles. The average Bonchev–Trinajstić information content (AvgIpc) is 0.674. The van der Waals surface area contributed by atoms with Crippen LogP contribution >= 0.6 is 0 Å². The molecule has 0 aromatic rings. The fourth-order valence-electron chi connectivity index (χ4n) is 18.4. The molecule has 5 saturated heterocycles. The molecule has 0 spiro atoms. The van der Waals surface area contributed by atoms with Gasteiger partial charge in [-0.1, -0.05) is 66.2 Å². The summed E-state index contributed by atoms with van der Waals surface area (Å²) in [4.78, 5) is 13.3. The number of aliphatic hydroxyl groups excluding tert-OH is 17. The predicted octanol–water partition coefficient (Wildman–Crippen LogP) is -3.25. The van der Waals surface area contributed by atoms with Crippen LogP contribution in [-0.4, -0.2) is 298 Å². The van der Waals surface area contributed by atoms with Crippen LogP contribution in [0.3, 0.4) is 0 Å². The SMILES string of the molecule is C/C=C(/C)C(=O)O[C@H]1C(O)[C@H](O[C@H]2CC[C@@]3(C)C(CC[C@]4(C)C3CC=C3C5CC(C)(C)[C@@H](O)[C@H](O)[C@]5(CO[C@@H]5OC(CO[C@@H]6OC(CO)[C@@H](O)[C@@H](O)C6O)[C@@H](O)[C@@H](O)C5O[C@@H]5OC(C)[C@H](O)[C@H](O)C5O)CC[C@]34C)C2(C)C)OC(CO[C@@H]2OC(CO)[C@@H](O)[C@@H](O)C2O)[C@H]1O. The highest BCUT2D eigenvalue weighted by Crippen LogP contribution is 2.76. The third-order valence-corrected chi connectivity index (χ3v) is 24.8. The van der Waals surface area contributed by atoms with Crippen LogP contribution in [0.2, 0.25) is 0 Å². The zero-order valence-corrected chi connectivity index (χ0v) is 55.2. The summed E-state index contributed by atoms with van der Waals surface area (Å²) < 4.78 is 66.6. The molecule has 5 heterocycles. The maximum absolute atomic E-state index is 13.3. The van der Waals surface area contributed by atoms with Crippen LogP contribution in [0.25, 0.3) is 0 Å². The average molecular weight is 1350 g/mol. The van der Waals surface area contributed by atoms with Gasteiger partial charge in [-0.05, 0) is 117 Å². The lowest BCUT2D eigenvalue weighted by atomic mass is 9.33. The molecule has 5 aliphatic heterocycles. The summed E-state index contributed by atoms with van der Waals surface area (Å²) in [5.74, 6) is -1.11. The standard InChI is InChI=1S/C65H106O29/c1-11-26(2)54(83)93-50-41(72)33(24-85-56-47(78)44(75)39(70)31(22-67)89-56)90-58(49(50)80)92-36-15-16-62(8)34(61(36,6)7)14-17-64(10)35(62)13-12-28-29-20-60(4,5)52(81)53(82)65(29,19-18-63(28,64)9)25-86-59-51(94-57-48(79)42(73)37(68)27(3)87-57)45(76)40(71)32(91-59)23-84-55-46(77)43(74)38(69)30(21-66)88-55/h11-12,27,29-53,55-59,66-82H,13-25H2,1-10H3/b26-11-/t27?,29?,30?,31?,32?,33?,34?,35?,36-,37-,38+,39+,40+,41+,42-,43+,44+,45+,46?,47?,48?,49?,50+,51?,52-,53-,55+,56+,57-,58-,59+,62-,63+,64+,65-/m0/s1. The highest BCUT2D eigenvalue weighted by Gasteiger charge is 2.71. The lowest BCUT2D eigenvalue weighted by Crippen LogP contribution is -2.69. The molecule has 0 amide bonds. The Balaban J connectivity index is 0.900. The van der Waals surface area contributed by atoms with Crippen molar-refractivity contribution in [2.45, 2.75) is 292 Å². The van der Waals surface area contributed by atoms with Crippen molar-refractivity contribution in [3.05, 3.63) is 23.3 Å². The van der Waals surface area contributed by atoms with Crippen LogP contribution < -0.4 is 0 Å². The summed E-state index contributed by atoms with van der Waals surface area (Å²) in [6.07, 6.45) is -35.6. The Morgan fingerprint density at radius 2 is 1.07 bits per heavy atom. The Kier molecular flexibility index (Phi) is 22.2. The number of fused-ring (bicyclic) bond motifs is 7. The first kappa shape index (κ1) is 74.6. The molecule has 10 rings (SSSR count). The second-order valence-electron chi connectivity index (χ2n) is 30.7. The van der Waals surface area contributed by atoms with Crippen LogP contribution in [0.5, 0.6) is 0 Å². The van der Waals surface area contributed by atoms with E-state index in [1.54, 1.807) is 6.92 Å². The Labute approximate surface area is 547 Å². The number of ether oxygens (including phenoxy) is 11. The maximum Gasteiger partial charge on any atom is 0.333 e. The largest absolute Gasteiger partial charge is 0.453 e. The van der Waals surface area contributed by atoms with E-state index in [-0.39, 0.29) is 34.8 Å². The number of aliphatic hydroxyl groups is 17. The van der Waals surface area contributed by atoms with Crippen molar-refractivity contribution in [1.29, 1.82) is 0 Å². The van der Waals surface area contributed by atoms with E-state index in [0.29, 0.717) is 38.5 Å². The topological polar surface area (TPSA) is 463 Å². The van der Waals surface area contributed by atoms with Crippen LogP contribution in [0.4, 0.5) is 0 Å². The summed E-state index contributed by atoms with van der Waals surface area (Å²) in [6, 6.07) is 0. The van der Waals surface area contributed by atoms with E-state index in [0.717, 1.165) is 18.4 Å². The van der Waals surface area contributed by atoms with Crippen molar-refractivity contribution in [2.24, 2.45) is 50.2 Å². The molecule has 5 aliphatic carbocycles. The molecule has 10 aliphatic rings. The first-order valence-electron chi connectivity index (χ1n) is 33.4. The molecule has 17 N–H and O–H groups in total. The van der Waals surface area contributed by atoms with Crippen molar-refractivity contribution in [1.82, 2.24) is 0 Å². The molecule has 13 unspecified atom stereocenters. The van der Waals surface area contributed by atoms with E-state index >= 15 is 0 Å². The van der Waals surface area contributed by atoms with Gasteiger partial charge < -0.3 is 139 Å². The van der Waals surface area contributed by atoms with Crippen molar-refractivity contribution < 1.29 is 144 Å². The second kappa shape index (κ2) is 28.0. The third-order valence-electron chi connectivity index (χ3n) is 24.8. The van der Waals surface area contributed by atoms with Gasteiger partial charge in [0, 0.05) is 11.0 Å². The third kappa shape index (κ3) is 12.8. The highest BCUT2D eigenvalue weighted by atomic mass is 16.8. The quantitative estimate of drug-likeness (QED) is 0.0294. The van der Waals surface area contributed by atoms with Gasteiger partial charge in [-0.3, -0.25) is 0 Å². The van der Waals surface area contributed by atoms with E-state index in [9.17, 15) is 91.6 Å². The Bertz CT molecular complexity index is 2660. The minimum Gasteiger partial charge on any atom is -0.453 e. The molecule has 0 aromatic heterocycles. The number of carbonyl (C=O) groups excluding carboxylic acids is 1. The smallest absolute Gasteiger partial charge is 0.333 e. The lowest BCUT2D eigenvalue weighted by Gasteiger charge is -2.72. The van der Waals surface area contributed by atoms with Crippen molar-refractivity contribution in [3.63, 3.8) is 0 Å². The van der Waals surface area contributed by atoms with E-state index < -0.39 is 232 Å². The molecular formula is C65H106O29. The van der Waals surface area contributed by atoms with Crippen molar-refractivity contribution >= 4 is 5.97 Å². The number of esters is 1. The summed E-state index contributed by atoms with van der Waals surface area (Å²) in [5.41, 5.74) is -2.50. The van der Waals surface area contributed by atoms with Gasteiger partial charge in [-0.25, -0.2) is 4.79 Å². The molecule has 35 atom stereocenters. The van der Waals surface area contributed by atoms with Gasteiger partial charge in [0.15, 0.2) is 37.6 Å². The fraction of sp³-hybridized carbons (Fsp3) is 0.923. The van der Waals surface area contributed by atoms with Crippen LogP contribution in [-0.2, 0) is 56.9 Å². The molecule has 94 heavy (non-hydrogen) atoms. The van der Waals surface area contributed by atoms with Crippen LogP contribution in [0.15, 0.2) is 23.3 Å². The van der Waals surface area contributed by atoms with E-state index in [1.807, 2.05) is 13.8 Å². The first-order valence-corrected chi connectivity index (χ1v) is 33.4. The first-order chi connectivity index (χ1) is 44.0. The van der Waals surface area contributed by atoms with Crippen LogP contribution in [0, 0.1) is 50.2 Å². The monoisotopic (exact) mass is 1350 g/mol. The number of hydrogen-bond acceptors (Lipinski definition) is 29. The molecule has 540 valence electrons. The molecule has 29 nitrogen and oxygen atoms in total. The normalized spacial score (nSPS) is 52.7. The van der Waals surface area contributed by atoms with Gasteiger partial charge in [0.2, 0.25) is 0 Å².